The minimum Gasteiger partial charge on any atom is -0.398 e. The number of ether oxygens (including phenoxy) is 1. The molecule has 0 saturated heterocycles. The van der Waals surface area contributed by atoms with Crippen LogP contribution >= 0.6 is 0 Å². The van der Waals surface area contributed by atoms with Gasteiger partial charge in [-0.25, -0.2) is 0 Å². The molecular formula is C10H16N2O2. The Bertz CT molecular complexity index is 300. The van der Waals surface area contributed by atoms with Gasteiger partial charge in [-0.05, 0) is 18.6 Å². The highest BCUT2D eigenvalue weighted by atomic mass is 16.5. The van der Waals surface area contributed by atoms with Gasteiger partial charge in [0.2, 0.25) is 0 Å². The predicted molar refractivity (Wildman–Crippen MR) is 54.9 cm³/mol. The van der Waals surface area contributed by atoms with Gasteiger partial charge in [-0.3, -0.25) is 4.98 Å². The van der Waals surface area contributed by atoms with Crippen LogP contribution in [-0.2, 0) is 11.2 Å². The first-order chi connectivity index (χ1) is 6.55. The molecule has 0 aliphatic rings. The fourth-order valence-electron chi connectivity index (χ4n) is 1.36. The topological polar surface area (TPSA) is 68.4 Å². The van der Waals surface area contributed by atoms with Crippen molar-refractivity contribution >= 4 is 5.69 Å². The zero-order valence-corrected chi connectivity index (χ0v) is 8.53. The van der Waals surface area contributed by atoms with Gasteiger partial charge in [0, 0.05) is 31.6 Å². The van der Waals surface area contributed by atoms with Crippen LogP contribution in [0.4, 0.5) is 5.69 Å². The van der Waals surface area contributed by atoms with E-state index in [1.54, 1.807) is 32.5 Å². The van der Waals surface area contributed by atoms with Gasteiger partial charge in [0.15, 0.2) is 0 Å². The van der Waals surface area contributed by atoms with Crippen LogP contribution in [0, 0.1) is 0 Å². The number of aromatic nitrogens is 1. The minimum atomic E-state index is -0.897. The molecule has 1 aromatic rings. The SMILES string of the molecule is COCC(C)(O)Cc1cnccc1N. The Balaban J connectivity index is 2.73. The van der Waals surface area contributed by atoms with Gasteiger partial charge in [-0.15, -0.1) is 0 Å². The van der Waals surface area contributed by atoms with Gasteiger partial charge in [0.1, 0.15) is 0 Å². The molecule has 0 aliphatic heterocycles. The number of rotatable bonds is 4. The lowest BCUT2D eigenvalue weighted by atomic mass is 9.98. The highest BCUT2D eigenvalue weighted by Crippen LogP contribution is 2.17. The summed E-state index contributed by atoms with van der Waals surface area (Å²) in [6, 6.07) is 1.72. The maximum Gasteiger partial charge on any atom is 0.0893 e. The van der Waals surface area contributed by atoms with Gasteiger partial charge in [-0.1, -0.05) is 0 Å². The summed E-state index contributed by atoms with van der Waals surface area (Å²) in [5.74, 6) is 0. The first-order valence-corrected chi connectivity index (χ1v) is 4.45. The van der Waals surface area contributed by atoms with Crippen LogP contribution in [0.3, 0.4) is 0 Å². The van der Waals surface area contributed by atoms with Crippen molar-refractivity contribution in [2.75, 3.05) is 19.5 Å². The van der Waals surface area contributed by atoms with Crippen molar-refractivity contribution in [3.05, 3.63) is 24.0 Å². The third-order valence-corrected chi connectivity index (χ3v) is 1.97. The van der Waals surface area contributed by atoms with Crippen LogP contribution in [0.5, 0.6) is 0 Å². The van der Waals surface area contributed by atoms with Crippen molar-refractivity contribution in [2.45, 2.75) is 18.9 Å². The number of nitrogen functional groups attached to an aromatic ring is 1. The lowest BCUT2D eigenvalue weighted by Gasteiger charge is -2.22. The van der Waals surface area contributed by atoms with Gasteiger partial charge >= 0.3 is 0 Å². The molecule has 4 heteroatoms. The van der Waals surface area contributed by atoms with E-state index in [1.807, 2.05) is 0 Å². The van der Waals surface area contributed by atoms with Crippen LogP contribution in [0.15, 0.2) is 18.5 Å². The lowest BCUT2D eigenvalue weighted by molar-refractivity contribution is -0.0160. The summed E-state index contributed by atoms with van der Waals surface area (Å²) in [6.07, 6.45) is 3.74. The Morgan fingerprint density at radius 2 is 2.36 bits per heavy atom. The first-order valence-electron chi connectivity index (χ1n) is 4.45. The fourth-order valence-corrected chi connectivity index (χ4v) is 1.36. The van der Waals surface area contributed by atoms with Crippen molar-refractivity contribution in [2.24, 2.45) is 0 Å². The number of hydrogen-bond acceptors (Lipinski definition) is 4. The molecule has 14 heavy (non-hydrogen) atoms. The van der Waals surface area contributed by atoms with E-state index in [2.05, 4.69) is 4.98 Å². The molecule has 0 amide bonds. The number of hydrogen-bond donors (Lipinski definition) is 2. The van der Waals surface area contributed by atoms with Crippen molar-refractivity contribution in [3.63, 3.8) is 0 Å². The Hall–Kier alpha value is -1.13. The van der Waals surface area contributed by atoms with E-state index in [1.165, 1.54) is 0 Å². The molecule has 78 valence electrons. The van der Waals surface area contributed by atoms with Gasteiger partial charge in [0.05, 0.1) is 12.2 Å². The highest BCUT2D eigenvalue weighted by molar-refractivity contribution is 5.44. The molecule has 0 saturated carbocycles. The molecule has 3 N–H and O–H groups in total. The normalized spacial score (nSPS) is 15.1. The standard InChI is InChI=1S/C10H16N2O2/c1-10(13,7-14-2)5-8-6-12-4-3-9(8)11/h3-4,6,13H,5,7H2,1-2H3,(H2,11,12). The molecule has 1 heterocycles. The van der Waals surface area contributed by atoms with Gasteiger partial charge in [-0.2, -0.15) is 0 Å². The van der Waals surface area contributed by atoms with E-state index in [4.69, 9.17) is 10.5 Å². The molecule has 0 radical (unpaired) electrons. The Kier molecular flexibility index (Phi) is 3.43. The average Bonchev–Trinajstić information content (AvgIpc) is 2.08. The van der Waals surface area contributed by atoms with E-state index in [-0.39, 0.29) is 6.61 Å². The summed E-state index contributed by atoms with van der Waals surface area (Å²) in [6.45, 7) is 1.99. The number of nitrogens with zero attached hydrogens (tertiary/aromatic N) is 1. The zero-order valence-electron chi connectivity index (χ0n) is 8.53. The third-order valence-electron chi connectivity index (χ3n) is 1.97. The molecule has 4 nitrogen and oxygen atoms in total. The molecule has 0 fully saturated rings. The van der Waals surface area contributed by atoms with E-state index in [0.29, 0.717) is 12.1 Å². The zero-order chi connectivity index (χ0) is 10.6. The van der Waals surface area contributed by atoms with Crippen LogP contribution in [0.2, 0.25) is 0 Å². The van der Waals surface area contributed by atoms with Crippen LogP contribution < -0.4 is 5.73 Å². The average molecular weight is 196 g/mol. The number of aliphatic hydroxyl groups is 1. The second-order valence-electron chi connectivity index (χ2n) is 3.68. The smallest absolute Gasteiger partial charge is 0.0893 e. The molecule has 0 aromatic carbocycles. The molecule has 0 bridgehead atoms. The summed E-state index contributed by atoms with van der Waals surface area (Å²) in [7, 11) is 1.56. The quantitative estimate of drug-likeness (QED) is 0.740. The fraction of sp³-hybridized carbons (Fsp3) is 0.500. The summed E-state index contributed by atoms with van der Waals surface area (Å²) < 4.78 is 4.91. The molecule has 0 aliphatic carbocycles. The lowest BCUT2D eigenvalue weighted by Crippen LogP contribution is -2.33. The second kappa shape index (κ2) is 4.39. The minimum absolute atomic E-state index is 0.279. The summed E-state index contributed by atoms with van der Waals surface area (Å²) in [5.41, 5.74) is 6.33. The molecule has 1 unspecified atom stereocenters. The maximum absolute atomic E-state index is 9.88. The first kappa shape index (κ1) is 10.9. The molecule has 1 atom stereocenters. The van der Waals surface area contributed by atoms with E-state index in [0.717, 1.165) is 5.56 Å². The Morgan fingerprint density at radius 3 is 2.93 bits per heavy atom. The molecule has 1 aromatic heterocycles. The van der Waals surface area contributed by atoms with E-state index >= 15 is 0 Å². The van der Waals surface area contributed by atoms with E-state index in [9.17, 15) is 5.11 Å². The summed E-state index contributed by atoms with van der Waals surface area (Å²) >= 11 is 0. The summed E-state index contributed by atoms with van der Waals surface area (Å²) in [5, 5.41) is 9.88. The van der Waals surface area contributed by atoms with Gasteiger partial charge < -0.3 is 15.6 Å². The van der Waals surface area contributed by atoms with Crippen LogP contribution in [0.25, 0.3) is 0 Å². The van der Waals surface area contributed by atoms with Crippen molar-refractivity contribution in [3.8, 4) is 0 Å². The number of pyridine rings is 1. The highest BCUT2D eigenvalue weighted by Gasteiger charge is 2.21. The number of methoxy groups -OCH3 is 1. The van der Waals surface area contributed by atoms with Crippen LogP contribution in [-0.4, -0.2) is 29.4 Å². The second-order valence-corrected chi connectivity index (χ2v) is 3.68. The van der Waals surface area contributed by atoms with Crippen molar-refractivity contribution in [1.82, 2.24) is 4.98 Å². The van der Waals surface area contributed by atoms with Gasteiger partial charge in [0.25, 0.3) is 0 Å². The monoisotopic (exact) mass is 196 g/mol. The van der Waals surface area contributed by atoms with Crippen molar-refractivity contribution < 1.29 is 9.84 Å². The maximum atomic E-state index is 9.88. The molecule has 1 rings (SSSR count). The Labute approximate surface area is 83.7 Å². The number of nitrogens with two attached hydrogens (primary N) is 1. The molecule has 0 spiro atoms. The third kappa shape index (κ3) is 2.97. The predicted octanol–water partition coefficient (Wildman–Crippen LogP) is 0.604. The van der Waals surface area contributed by atoms with E-state index < -0.39 is 5.60 Å². The van der Waals surface area contributed by atoms with Crippen molar-refractivity contribution in [1.29, 1.82) is 0 Å². The Morgan fingerprint density at radius 1 is 1.64 bits per heavy atom. The summed E-state index contributed by atoms with van der Waals surface area (Å²) in [4.78, 5) is 3.96. The van der Waals surface area contributed by atoms with Crippen LogP contribution in [0.1, 0.15) is 12.5 Å². The molecular weight excluding hydrogens is 180 g/mol. The largest absolute Gasteiger partial charge is 0.398 e. The number of anilines is 1.